The van der Waals surface area contributed by atoms with Crippen molar-refractivity contribution in [2.24, 2.45) is 5.90 Å². The smallest absolute Gasteiger partial charge is 0.0771 e. The average molecular weight is 160 g/mol. The van der Waals surface area contributed by atoms with Gasteiger partial charge < -0.3 is 9.74 Å². The van der Waals surface area contributed by atoms with Crippen molar-refractivity contribution >= 4 is 0 Å². The quantitative estimate of drug-likeness (QED) is 0.610. The summed E-state index contributed by atoms with van der Waals surface area (Å²) >= 11 is 0. The van der Waals surface area contributed by atoms with E-state index in [2.05, 4.69) is 30.6 Å². The van der Waals surface area contributed by atoms with Crippen LogP contribution in [-0.2, 0) is 4.84 Å². The summed E-state index contributed by atoms with van der Waals surface area (Å²) in [5.74, 6) is 5.02. The fourth-order valence-electron chi connectivity index (χ4n) is 0.712. The fraction of sp³-hybridized carbons (Fsp3) is 1.00. The van der Waals surface area contributed by atoms with Crippen molar-refractivity contribution in [2.45, 2.75) is 39.3 Å². The van der Waals surface area contributed by atoms with Gasteiger partial charge in [0.1, 0.15) is 0 Å². The van der Waals surface area contributed by atoms with Crippen molar-refractivity contribution in [1.29, 1.82) is 0 Å². The van der Waals surface area contributed by atoms with Gasteiger partial charge in [-0.15, -0.1) is 0 Å². The van der Waals surface area contributed by atoms with Crippen LogP contribution < -0.4 is 5.90 Å². The molecule has 3 heteroatoms. The van der Waals surface area contributed by atoms with Crippen LogP contribution in [0.2, 0.25) is 0 Å². The molecule has 0 rings (SSSR count). The zero-order valence-electron chi connectivity index (χ0n) is 8.00. The molecule has 0 aliphatic carbocycles. The molecular weight excluding hydrogens is 140 g/mol. The van der Waals surface area contributed by atoms with E-state index in [9.17, 15) is 0 Å². The molecule has 11 heavy (non-hydrogen) atoms. The van der Waals surface area contributed by atoms with E-state index >= 15 is 0 Å². The van der Waals surface area contributed by atoms with Crippen molar-refractivity contribution in [3.63, 3.8) is 0 Å². The van der Waals surface area contributed by atoms with Crippen molar-refractivity contribution in [1.82, 2.24) is 4.90 Å². The number of nitrogens with two attached hydrogens (primary N) is 1. The molecule has 0 aromatic heterocycles. The van der Waals surface area contributed by atoms with Gasteiger partial charge in [0, 0.05) is 12.6 Å². The molecule has 0 aliphatic rings. The second-order valence-corrected chi connectivity index (χ2v) is 3.31. The van der Waals surface area contributed by atoms with E-state index in [1.165, 1.54) is 0 Å². The van der Waals surface area contributed by atoms with Crippen LogP contribution >= 0.6 is 0 Å². The lowest BCUT2D eigenvalue weighted by Crippen LogP contribution is -2.30. The van der Waals surface area contributed by atoms with Gasteiger partial charge in [-0.25, -0.2) is 5.90 Å². The van der Waals surface area contributed by atoms with Gasteiger partial charge >= 0.3 is 0 Å². The van der Waals surface area contributed by atoms with Crippen molar-refractivity contribution < 1.29 is 4.84 Å². The van der Waals surface area contributed by atoms with Crippen LogP contribution in [-0.4, -0.2) is 30.6 Å². The second-order valence-electron chi connectivity index (χ2n) is 3.31. The van der Waals surface area contributed by atoms with Crippen molar-refractivity contribution in [3.8, 4) is 0 Å². The lowest BCUT2D eigenvalue weighted by molar-refractivity contribution is 0.0521. The van der Waals surface area contributed by atoms with Gasteiger partial charge in [0.15, 0.2) is 0 Å². The van der Waals surface area contributed by atoms with Crippen LogP contribution in [0.25, 0.3) is 0 Å². The lowest BCUT2D eigenvalue weighted by Gasteiger charge is -2.21. The average Bonchev–Trinajstić information content (AvgIpc) is 1.99. The molecule has 0 aromatic rings. The Bertz CT molecular complexity index is 96.1. The Labute approximate surface area is 69.5 Å². The maximum Gasteiger partial charge on any atom is 0.0771 e. The third-order valence-corrected chi connectivity index (χ3v) is 2.00. The van der Waals surface area contributed by atoms with Crippen molar-refractivity contribution in [3.05, 3.63) is 0 Å². The van der Waals surface area contributed by atoms with Crippen LogP contribution in [0.15, 0.2) is 0 Å². The molecule has 0 radical (unpaired) electrons. The highest BCUT2D eigenvalue weighted by Gasteiger charge is 2.05. The summed E-state index contributed by atoms with van der Waals surface area (Å²) in [5.41, 5.74) is 0. The molecule has 0 heterocycles. The van der Waals surface area contributed by atoms with E-state index in [0.717, 1.165) is 13.0 Å². The summed E-state index contributed by atoms with van der Waals surface area (Å²) < 4.78 is 0. The molecule has 1 atom stereocenters. The summed E-state index contributed by atoms with van der Waals surface area (Å²) in [5, 5.41) is 0. The lowest BCUT2D eigenvalue weighted by atomic mass is 10.2. The minimum Gasteiger partial charge on any atom is -0.304 e. The minimum absolute atomic E-state index is 0.163. The fourth-order valence-corrected chi connectivity index (χ4v) is 0.712. The zero-order chi connectivity index (χ0) is 8.85. The monoisotopic (exact) mass is 160 g/mol. The number of nitrogens with zero attached hydrogens (tertiary/aromatic N) is 1. The highest BCUT2D eigenvalue weighted by Crippen LogP contribution is 1.99. The summed E-state index contributed by atoms with van der Waals surface area (Å²) in [4.78, 5) is 6.93. The van der Waals surface area contributed by atoms with Crippen LogP contribution in [0.5, 0.6) is 0 Å². The van der Waals surface area contributed by atoms with Gasteiger partial charge in [-0.3, -0.25) is 0 Å². The van der Waals surface area contributed by atoms with E-state index in [-0.39, 0.29) is 6.10 Å². The van der Waals surface area contributed by atoms with Gasteiger partial charge in [-0.2, -0.15) is 0 Å². The molecule has 3 nitrogen and oxygen atoms in total. The Balaban J connectivity index is 3.37. The molecule has 2 N–H and O–H groups in total. The van der Waals surface area contributed by atoms with E-state index in [1.807, 2.05) is 6.92 Å². The molecule has 0 aliphatic heterocycles. The Kier molecular flexibility index (Phi) is 5.46. The Morgan fingerprint density at radius 2 is 1.91 bits per heavy atom. The first-order valence-corrected chi connectivity index (χ1v) is 4.13. The number of hydrogen-bond donors (Lipinski definition) is 1. The standard InChI is InChI=1S/C8H20N2O/c1-7(2)10(4)6-5-8(3)11-9/h7-8H,5-6,9H2,1-4H3. The maximum absolute atomic E-state index is 5.02. The number of rotatable bonds is 5. The summed E-state index contributed by atoms with van der Waals surface area (Å²) in [6.45, 7) is 7.37. The van der Waals surface area contributed by atoms with Gasteiger partial charge in [0.05, 0.1) is 6.10 Å². The summed E-state index contributed by atoms with van der Waals surface area (Å²) in [6, 6.07) is 0.597. The van der Waals surface area contributed by atoms with Crippen LogP contribution in [0.3, 0.4) is 0 Å². The molecule has 0 bridgehead atoms. The first kappa shape index (κ1) is 10.9. The summed E-state index contributed by atoms with van der Waals surface area (Å²) in [6.07, 6.45) is 1.15. The van der Waals surface area contributed by atoms with Crippen LogP contribution in [0.1, 0.15) is 27.2 Å². The predicted molar refractivity (Wildman–Crippen MR) is 47.1 cm³/mol. The van der Waals surface area contributed by atoms with Crippen molar-refractivity contribution in [2.75, 3.05) is 13.6 Å². The molecule has 0 amide bonds. The van der Waals surface area contributed by atoms with E-state index < -0.39 is 0 Å². The van der Waals surface area contributed by atoms with E-state index in [0.29, 0.717) is 6.04 Å². The maximum atomic E-state index is 5.02. The van der Waals surface area contributed by atoms with Crippen LogP contribution in [0.4, 0.5) is 0 Å². The summed E-state index contributed by atoms with van der Waals surface area (Å²) in [7, 11) is 2.11. The predicted octanol–water partition coefficient (Wildman–Crippen LogP) is 0.996. The molecule has 1 unspecified atom stereocenters. The van der Waals surface area contributed by atoms with Gasteiger partial charge in [0.2, 0.25) is 0 Å². The molecule has 0 spiro atoms. The van der Waals surface area contributed by atoms with E-state index in [1.54, 1.807) is 0 Å². The third kappa shape index (κ3) is 5.18. The van der Waals surface area contributed by atoms with Gasteiger partial charge in [-0.1, -0.05) is 0 Å². The Hall–Kier alpha value is -0.120. The molecule has 68 valence electrons. The number of hydrogen-bond acceptors (Lipinski definition) is 3. The molecule has 0 fully saturated rings. The highest BCUT2D eigenvalue weighted by molar-refractivity contribution is 4.59. The Morgan fingerprint density at radius 3 is 2.27 bits per heavy atom. The van der Waals surface area contributed by atoms with Gasteiger partial charge in [-0.05, 0) is 34.2 Å². The topological polar surface area (TPSA) is 38.5 Å². The second kappa shape index (κ2) is 5.52. The first-order chi connectivity index (χ1) is 5.07. The molecular formula is C8H20N2O. The SMILES string of the molecule is CC(CCN(C)C(C)C)ON. The zero-order valence-corrected chi connectivity index (χ0v) is 8.00. The van der Waals surface area contributed by atoms with Gasteiger partial charge in [0.25, 0.3) is 0 Å². The molecule has 0 saturated carbocycles. The molecule has 0 aromatic carbocycles. The van der Waals surface area contributed by atoms with Crippen LogP contribution in [0, 0.1) is 0 Å². The normalized spacial score (nSPS) is 14.5. The third-order valence-electron chi connectivity index (χ3n) is 2.00. The largest absolute Gasteiger partial charge is 0.304 e. The Morgan fingerprint density at radius 1 is 1.36 bits per heavy atom. The first-order valence-electron chi connectivity index (χ1n) is 4.13. The highest BCUT2D eigenvalue weighted by atomic mass is 16.6. The minimum atomic E-state index is 0.163. The van der Waals surface area contributed by atoms with E-state index in [4.69, 9.17) is 5.90 Å². The molecule has 0 saturated heterocycles.